The van der Waals surface area contributed by atoms with E-state index in [0.29, 0.717) is 6.04 Å². The standard InChI is InChI=1S/C14H18N2/c1-11-6-8-12(9-7-11)14(10-15)16-13-4-2-3-5-13/h6-9,13-14,16H,2-5H2,1H3. The molecule has 2 nitrogen and oxygen atoms in total. The Hall–Kier alpha value is -1.33. The van der Waals surface area contributed by atoms with Gasteiger partial charge >= 0.3 is 0 Å². The van der Waals surface area contributed by atoms with Crippen molar-refractivity contribution in [2.45, 2.75) is 44.7 Å². The molecule has 16 heavy (non-hydrogen) atoms. The Labute approximate surface area is 97.3 Å². The van der Waals surface area contributed by atoms with Crippen LogP contribution in [-0.4, -0.2) is 6.04 Å². The molecule has 1 aliphatic carbocycles. The fourth-order valence-electron chi connectivity index (χ4n) is 2.30. The van der Waals surface area contributed by atoms with E-state index in [0.717, 1.165) is 5.56 Å². The van der Waals surface area contributed by atoms with Crippen LogP contribution < -0.4 is 5.32 Å². The smallest absolute Gasteiger partial charge is 0.121 e. The summed E-state index contributed by atoms with van der Waals surface area (Å²) >= 11 is 0. The number of nitriles is 1. The van der Waals surface area contributed by atoms with Gasteiger partial charge in [-0.15, -0.1) is 0 Å². The lowest BCUT2D eigenvalue weighted by Gasteiger charge is -2.17. The molecule has 1 fully saturated rings. The third-order valence-electron chi connectivity index (χ3n) is 3.30. The van der Waals surface area contributed by atoms with Crippen LogP contribution in [0.15, 0.2) is 24.3 Å². The number of rotatable bonds is 3. The minimum absolute atomic E-state index is 0.149. The molecule has 0 aromatic heterocycles. The second-order valence-corrected chi connectivity index (χ2v) is 4.62. The molecule has 1 N–H and O–H groups in total. The van der Waals surface area contributed by atoms with Crippen molar-refractivity contribution in [3.05, 3.63) is 35.4 Å². The number of hydrogen-bond acceptors (Lipinski definition) is 2. The number of benzene rings is 1. The number of hydrogen-bond donors (Lipinski definition) is 1. The quantitative estimate of drug-likeness (QED) is 0.839. The normalized spacial score (nSPS) is 18.2. The lowest BCUT2D eigenvalue weighted by Crippen LogP contribution is -2.29. The van der Waals surface area contributed by atoms with Gasteiger partial charge in [0.25, 0.3) is 0 Å². The van der Waals surface area contributed by atoms with Gasteiger partial charge in [-0.05, 0) is 25.3 Å². The van der Waals surface area contributed by atoms with Gasteiger partial charge in [0.1, 0.15) is 6.04 Å². The number of nitrogens with one attached hydrogen (secondary N) is 1. The van der Waals surface area contributed by atoms with E-state index in [1.165, 1.54) is 31.2 Å². The molecule has 1 unspecified atom stereocenters. The summed E-state index contributed by atoms with van der Waals surface area (Å²) in [6.07, 6.45) is 5.02. The molecule has 0 heterocycles. The average molecular weight is 214 g/mol. The maximum atomic E-state index is 9.20. The van der Waals surface area contributed by atoms with Gasteiger partial charge in [-0.2, -0.15) is 5.26 Å². The summed E-state index contributed by atoms with van der Waals surface area (Å²) in [6, 6.07) is 11.0. The Morgan fingerprint density at radius 1 is 1.25 bits per heavy atom. The highest BCUT2D eigenvalue weighted by molar-refractivity contribution is 5.27. The van der Waals surface area contributed by atoms with Crippen molar-refractivity contribution in [3.63, 3.8) is 0 Å². The van der Waals surface area contributed by atoms with Gasteiger partial charge in [0, 0.05) is 6.04 Å². The molecule has 0 amide bonds. The fourth-order valence-corrected chi connectivity index (χ4v) is 2.30. The molecule has 1 aromatic rings. The van der Waals surface area contributed by atoms with Crippen LogP contribution in [0.4, 0.5) is 0 Å². The van der Waals surface area contributed by atoms with Crippen LogP contribution in [-0.2, 0) is 0 Å². The zero-order valence-electron chi connectivity index (χ0n) is 9.74. The van der Waals surface area contributed by atoms with E-state index in [-0.39, 0.29) is 6.04 Å². The molecule has 0 spiro atoms. The van der Waals surface area contributed by atoms with Crippen LogP contribution in [0.2, 0.25) is 0 Å². The van der Waals surface area contributed by atoms with Crippen molar-refractivity contribution in [1.82, 2.24) is 5.32 Å². The van der Waals surface area contributed by atoms with Gasteiger partial charge in [0.2, 0.25) is 0 Å². The lowest BCUT2D eigenvalue weighted by molar-refractivity contribution is 0.492. The molecule has 0 bridgehead atoms. The minimum Gasteiger partial charge on any atom is -0.295 e. The van der Waals surface area contributed by atoms with Crippen molar-refractivity contribution in [2.75, 3.05) is 0 Å². The molecule has 2 rings (SSSR count). The monoisotopic (exact) mass is 214 g/mol. The van der Waals surface area contributed by atoms with E-state index in [4.69, 9.17) is 0 Å². The van der Waals surface area contributed by atoms with Gasteiger partial charge in [0.05, 0.1) is 6.07 Å². The summed E-state index contributed by atoms with van der Waals surface area (Å²) in [7, 11) is 0. The number of nitrogens with zero attached hydrogens (tertiary/aromatic N) is 1. The van der Waals surface area contributed by atoms with Gasteiger partial charge in [-0.3, -0.25) is 5.32 Å². The summed E-state index contributed by atoms with van der Waals surface area (Å²) in [5.41, 5.74) is 2.32. The van der Waals surface area contributed by atoms with E-state index in [1.54, 1.807) is 0 Å². The maximum absolute atomic E-state index is 9.20. The van der Waals surface area contributed by atoms with E-state index < -0.39 is 0 Å². The van der Waals surface area contributed by atoms with Crippen LogP contribution in [0.3, 0.4) is 0 Å². The molecule has 2 heteroatoms. The first-order valence-electron chi connectivity index (χ1n) is 6.02. The Bertz CT molecular complexity index is 369. The van der Waals surface area contributed by atoms with Crippen LogP contribution in [0.5, 0.6) is 0 Å². The van der Waals surface area contributed by atoms with E-state index >= 15 is 0 Å². The van der Waals surface area contributed by atoms with Gasteiger partial charge in [-0.25, -0.2) is 0 Å². The zero-order chi connectivity index (χ0) is 11.4. The maximum Gasteiger partial charge on any atom is 0.121 e. The average Bonchev–Trinajstić information content (AvgIpc) is 2.80. The minimum atomic E-state index is -0.149. The molecule has 0 radical (unpaired) electrons. The molecule has 1 aromatic carbocycles. The van der Waals surface area contributed by atoms with Gasteiger partial charge < -0.3 is 0 Å². The molecular formula is C14H18N2. The van der Waals surface area contributed by atoms with Crippen LogP contribution in [0.25, 0.3) is 0 Å². The highest BCUT2D eigenvalue weighted by atomic mass is 15.0. The first kappa shape index (κ1) is 11.2. The Kier molecular flexibility index (Phi) is 3.58. The Morgan fingerprint density at radius 2 is 1.88 bits per heavy atom. The van der Waals surface area contributed by atoms with E-state index in [1.807, 2.05) is 12.1 Å². The first-order chi connectivity index (χ1) is 7.79. The highest BCUT2D eigenvalue weighted by Crippen LogP contribution is 2.22. The Balaban J connectivity index is 2.04. The van der Waals surface area contributed by atoms with Crippen molar-refractivity contribution in [2.24, 2.45) is 0 Å². The van der Waals surface area contributed by atoms with Crippen LogP contribution in [0, 0.1) is 18.3 Å². The first-order valence-corrected chi connectivity index (χ1v) is 6.02. The van der Waals surface area contributed by atoms with Crippen LogP contribution in [0.1, 0.15) is 42.9 Å². The second kappa shape index (κ2) is 5.14. The van der Waals surface area contributed by atoms with Crippen molar-refractivity contribution in [1.29, 1.82) is 5.26 Å². The zero-order valence-corrected chi connectivity index (χ0v) is 9.74. The number of aryl methyl sites for hydroxylation is 1. The second-order valence-electron chi connectivity index (χ2n) is 4.62. The third-order valence-corrected chi connectivity index (χ3v) is 3.30. The van der Waals surface area contributed by atoms with Crippen molar-refractivity contribution in [3.8, 4) is 6.07 Å². The molecule has 1 saturated carbocycles. The molecule has 1 atom stereocenters. The van der Waals surface area contributed by atoms with Crippen molar-refractivity contribution >= 4 is 0 Å². The molecule has 0 aliphatic heterocycles. The predicted molar refractivity (Wildman–Crippen MR) is 64.9 cm³/mol. The summed E-state index contributed by atoms with van der Waals surface area (Å²) in [5.74, 6) is 0. The van der Waals surface area contributed by atoms with E-state index in [9.17, 15) is 5.26 Å². The summed E-state index contributed by atoms with van der Waals surface area (Å²) in [5, 5.41) is 12.6. The van der Waals surface area contributed by atoms with Crippen molar-refractivity contribution < 1.29 is 0 Å². The van der Waals surface area contributed by atoms with E-state index in [2.05, 4.69) is 30.4 Å². The molecule has 1 aliphatic rings. The van der Waals surface area contributed by atoms with Gasteiger partial charge in [0.15, 0.2) is 0 Å². The lowest BCUT2D eigenvalue weighted by atomic mass is 10.0. The highest BCUT2D eigenvalue weighted by Gasteiger charge is 2.19. The summed E-state index contributed by atoms with van der Waals surface area (Å²) in [4.78, 5) is 0. The molecule has 84 valence electrons. The summed E-state index contributed by atoms with van der Waals surface area (Å²) in [6.45, 7) is 2.07. The summed E-state index contributed by atoms with van der Waals surface area (Å²) < 4.78 is 0. The largest absolute Gasteiger partial charge is 0.295 e. The topological polar surface area (TPSA) is 35.8 Å². The Morgan fingerprint density at radius 3 is 2.44 bits per heavy atom. The van der Waals surface area contributed by atoms with Gasteiger partial charge in [-0.1, -0.05) is 42.7 Å². The van der Waals surface area contributed by atoms with Crippen LogP contribution >= 0.6 is 0 Å². The predicted octanol–water partition coefficient (Wildman–Crippen LogP) is 3.09. The molecule has 0 saturated heterocycles. The fraction of sp³-hybridized carbons (Fsp3) is 0.500. The SMILES string of the molecule is Cc1ccc(C(C#N)NC2CCCC2)cc1. The third kappa shape index (κ3) is 2.62. The molecular weight excluding hydrogens is 196 g/mol.